The number of Topliss-reactive ketones (excluding diaryl/α,β-unsaturated/α-hetero) is 1. The fourth-order valence-corrected chi connectivity index (χ4v) is 4.74. The molecule has 2 unspecified atom stereocenters. The second-order valence-corrected chi connectivity index (χ2v) is 12.7. The lowest BCUT2D eigenvalue weighted by molar-refractivity contribution is -0.171. The number of rotatable bonds is 10. The molecule has 0 aromatic heterocycles. The molecule has 2 aliphatic heterocycles. The molecule has 3 N–H and O–H groups in total. The number of hydrogen-bond acceptors (Lipinski definition) is 8. The molecular formula is C28H46N4O8. The highest BCUT2D eigenvalue weighted by atomic mass is 16.8. The Kier molecular flexibility index (Phi) is 10.5. The maximum absolute atomic E-state index is 14.0. The van der Waals surface area contributed by atoms with E-state index in [1.54, 1.807) is 55.4 Å². The van der Waals surface area contributed by atoms with Gasteiger partial charge in [-0.25, -0.2) is 4.79 Å². The molecule has 0 aliphatic carbocycles. The lowest BCUT2D eigenvalue weighted by Crippen LogP contribution is -2.61. The van der Waals surface area contributed by atoms with Gasteiger partial charge in [-0.15, -0.1) is 6.58 Å². The molecule has 2 saturated heterocycles. The van der Waals surface area contributed by atoms with Crippen LogP contribution < -0.4 is 16.0 Å². The van der Waals surface area contributed by atoms with Crippen LogP contribution in [0.15, 0.2) is 12.7 Å². The van der Waals surface area contributed by atoms with Gasteiger partial charge in [-0.3, -0.25) is 19.2 Å². The van der Waals surface area contributed by atoms with Gasteiger partial charge in [0.1, 0.15) is 29.9 Å². The predicted octanol–water partition coefficient (Wildman–Crippen LogP) is 1.81. The zero-order chi connectivity index (χ0) is 30.6. The van der Waals surface area contributed by atoms with E-state index in [2.05, 4.69) is 22.5 Å². The van der Waals surface area contributed by atoms with Crippen molar-refractivity contribution in [3.05, 3.63) is 12.7 Å². The van der Waals surface area contributed by atoms with E-state index in [1.807, 2.05) is 6.92 Å². The fourth-order valence-electron chi connectivity index (χ4n) is 4.74. The van der Waals surface area contributed by atoms with E-state index in [9.17, 15) is 24.0 Å². The minimum absolute atomic E-state index is 0.0276. The van der Waals surface area contributed by atoms with Gasteiger partial charge < -0.3 is 35.1 Å². The van der Waals surface area contributed by atoms with Crippen LogP contribution in [-0.2, 0) is 33.4 Å². The fraction of sp³-hybridized carbons (Fsp3) is 0.750. The number of nitrogens with one attached hydrogen (secondary N) is 3. The SMILES string of the molecule is C=CCNC(=O)C(=O)C(CCC)NC(=O)C1[C@H]2OC(C)(C)O[C@H]2CN1C(=O)[C@@H](NC(=O)OC(C)(C)C)C(C)(C)C. The molecule has 2 rings (SSSR count). The second-order valence-electron chi connectivity index (χ2n) is 12.7. The predicted molar refractivity (Wildman–Crippen MR) is 147 cm³/mol. The van der Waals surface area contributed by atoms with Crippen molar-refractivity contribution in [2.24, 2.45) is 5.41 Å². The Balaban J connectivity index is 2.38. The van der Waals surface area contributed by atoms with Gasteiger partial charge in [0.2, 0.25) is 17.6 Å². The molecule has 2 heterocycles. The van der Waals surface area contributed by atoms with Crippen LogP contribution in [0.25, 0.3) is 0 Å². The van der Waals surface area contributed by atoms with E-state index in [-0.39, 0.29) is 19.5 Å². The Morgan fingerprint density at radius 3 is 2.23 bits per heavy atom. The van der Waals surface area contributed by atoms with Crippen LogP contribution >= 0.6 is 0 Å². The topological polar surface area (TPSA) is 152 Å². The van der Waals surface area contributed by atoms with Crippen LogP contribution in [0, 0.1) is 5.41 Å². The summed E-state index contributed by atoms with van der Waals surface area (Å²) in [5.41, 5.74) is -1.54. The molecule has 40 heavy (non-hydrogen) atoms. The number of carbonyl (C=O) groups excluding carboxylic acids is 5. The van der Waals surface area contributed by atoms with Crippen LogP contribution in [-0.4, -0.2) is 89.3 Å². The highest BCUT2D eigenvalue weighted by molar-refractivity contribution is 6.38. The van der Waals surface area contributed by atoms with Crippen molar-refractivity contribution in [3.8, 4) is 0 Å². The van der Waals surface area contributed by atoms with E-state index >= 15 is 0 Å². The molecule has 4 amide bonds. The van der Waals surface area contributed by atoms with E-state index in [4.69, 9.17) is 14.2 Å². The van der Waals surface area contributed by atoms with Gasteiger partial charge in [-0.2, -0.15) is 0 Å². The number of hydrogen-bond donors (Lipinski definition) is 3. The first-order valence-corrected chi connectivity index (χ1v) is 13.7. The number of ketones is 1. The minimum atomic E-state index is -1.17. The summed E-state index contributed by atoms with van der Waals surface area (Å²) in [6, 6.07) is -3.33. The highest BCUT2D eigenvalue weighted by Crippen LogP contribution is 2.38. The van der Waals surface area contributed by atoms with Gasteiger partial charge in [-0.1, -0.05) is 40.2 Å². The molecule has 12 nitrogen and oxygen atoms in total. The number of fused-ring (bicyclic) bond motifs is 1. The molecular weight excluding hydrogens is 520 g/mol. The Morgan fingerprint density at radius 1 is 1.07 bits per heavy atom. The van der Waals surface area contributed by atoms with Crippen molar-refractivity contribution in [2.45, 2.75) is 117 Å². The molecule has 0 saturated carbocycles. The quantitative estimate of drug-likeness (QED) is 0.267. The maximum atomic E-state index is 14.0. The summed E-state index contributed by atoms with van der Waals surface area (Å²) in [7, 11) is 0. The Hall–Kier alpha value is -2.99. The highest BCUT2D eigenvalue weighted by Gasteiger charge is 2.58. The third kappa shape index (κ3) is 8.50. The molecule has 2 aliphatic rings. The van der Waals surface area contributed by atoms with Gasteiger partial charge in [0.15, 0.2) is 5.79 Å². The van der Waals surface area contributed by atoms with E-state index < -0.39 is 76.7 Å². The van der Waals surface area contributed by atoms with Gasteiger partial charge in [0, 0.05) is 6.54 Å². The number of alkyl carbamates (subject to hydrolysis) is 1. The molecule has 0 bridgehead atoms. The number of likely N-dealkylation sites (tertiary alicyclic amines) is 1. The lowest BCUT2D eigenvalue weighted by Gasteiger charge is -2.37. The van der Waals surface area contributed by atoms with E-state index in [0.717, 1.165) is 0 Å². The normalized spacial score (nSPS) is 23.4. The van der Waals surface area contributed by atoms with Crippen LogP contribution in [0.4, 0.5) is 4.79 Å². The summed E-state index contributed by atoms with van der Waals surface area (Å²) < 4.78 is 17.4. The lowest BCUT2D eigenvalue weighted by atomic mass is 9.85. The van der Waals surface area contributed by atoms with E-state index in [0.29, 0.717) is 6.42 Å². The van der Waals surface area contributed by atoms with E-state index in [1.165, 1.54) is 11.0 Å². The number of amides is 4. The van der Waals surface area contributed by atoms with Crippen molar-refractivity contribution in [1.29, 1.82) is 0 Å². The summed E-state index contributed by atoms with van der Waals surface area (Å²) in [6.45, 7) is 19.4. The average Bonchev–Trinajstić information content (AvgIpc) is 3.29. The van der Waals surface area contributed by atoms with Gasteiger partial charge in [0.05, 0.1) is 12.6 Å². The summed E-state index contributed by atoms with van der Waals surface area (Å²) >= 11 is 0. The Morgan fingerprint density at radius 2 is 1.70 bits per heavy atom. The van der Waals surface area contributed by atoms with Crippen LogP contribution in [0.3, 0.4) is 0 Å². The molecule has 0 aromatic rings. The standard InChI is InChI=1S/C28H46N4O8/c1-11-13-16(19(33)23(35)29-14-12-2)30-22(34)18-20-17(38-28(9,10)39-20)15-32(18)24(36)21(26(3,4)5)31-25(37)40-27(6,7)8/h12,16-18,20-21H,2,11,13-15H2,1,3-10H3,(H,29,35)(H,30,34)(H,31,37)/t16?,17-,18?,20-,21+/m0/s1. The van der Waals surface area contributed by atoms with Crippen LogP contribution in [0.2, 0.25) is 0 Å². The van der Waals surface area contributed by atoms with Crippen molar-refractivity contribution in [3.63, 3.8) is 0 Å². The summed E-state index contributed by atoms with van der Waals surface area (Å²) in [6.07, 6.45) is -0.0376. The zero-order valence-electron chi connectivity index (χ0n) is 25.2. The smallest absolute Gasteiger partial charge is 0.408 e. The molecule has 5 atom stereocenters. The zero-order valence-corrected chi connectivity index (χ0v) is 25.2. The largest absolute Gasteiger partial charge is 0.444 e. The van der Waals surface area contributed by atoms with Crippen molar-refractivity contribution in [2.75, 3.05) is 13.1 Å². The van der Waals surface area contributed by atoms with Crippen molar-refractivity contribution < 1.29 is 38.2 Å². The van der Waals surface area contributed by atoms with Gasteiger partial charge in [-0.05, 0) is 46.5 Å². The van der Waals surface area contributed by atoms with Crippen LogP contribution in [0.1, 0.15) is 75.2 Å². The molecule has 0 spiro atoms. The summed E-state index contributed by atoms with van der Waals surface area (Å²) in [5, 5.41) is 7.77. The van der Waals surface area contributed by atoms with Gasteiger partial charge >= 0.3 is 6.09 Å². The first kappa shape index (κ1) is 33.2. The van der Waals surface area contributed by atoms with Crippen molar-refractivity contribution >= 4 is 29.6 Å². The third-order valence-corrected chi connectivity index (χ3v) is 6.41. The number of ether oxygens (including phenoxy) is 3. The third-order valence-electron chi connectivity index (χ3n) is 6.41. The molecule has 226 valence electrons. The minimum Gasteiger partial charge on any atom is -0.444 e. The van der Waals surface area contributed by atoms with Gasteiger partial charge in [0.25, 0.3) is 5.91 Å². The summed E-state index contributed by atoms with van der Waals surface area (Å²) in [5.74, 6) is -3.82. The van der Waals surface area contributed by atoms with Crippen molar-refractivity contribution in [1.82, 2.24) is 20.9 Å². The first-order valence-electron chi connectivity index (χ1n) is 13.7. The average molecular weight is 567 g/mol. The number of carbonyl (C=O) groups is 5. The molecule has 0 radical (unpaired) electrons. The number of nitrogens with zero attached hydrogens (tertiary/aromatic N) is 1. The first-order chi connectivity index (χ1) is 18.3. The molecule has 0 aromatic carbocycles. The Bertz CT molecular complexity index is 997. The Labute approximate surface area is 236 Å². The summed E-state index contributed by atoms with van der Waals surface area (Å²) in [4.78, 5) is 66.9. The molecule has 12 heteroatoms. The molecule has 2 fully saturated rings. The van der Waals surface area contributed by atoms with Crippen LogP contribution in [0.5, 0.6) is 0 Å². The second kappa shape index (κ2) is 12.7. The monoisotopic (exact) mass is 566 g/mol. The maximum Gasteiger partial charge on any atom is 0.408 e.